The summed E-state index contributed by atoms with van der Waals surface area (Å²) in [6.45, 7) is 6.74. The maximum absolute atomic E-state index is 10.5. The molecule has 1 aromatic heterocycles. The molecule has 1 aromatic rings. The molecule has 4 heteroatoms. The minimum Gasteiger partial charge on any atom is -0.460 e. The Bertz CT molecular complexity index is 548. The van der Waals surface area contributed by atoms with Crippen LogP contribution in [0.15, 0.2) is 28.2 Å². The fraction of sp³-hybridized carbons (Fsp3) is 0.667. The second-order valence-electron chi connectivity index (χ2n) is 7.17. The third-order valence-electron chi connectivity index (χ3n) is 5.58. The molecule has 122 valence electrons. The van der Waals surface area contributed by atoms with Crippen LogP contribution in [0.25, 0.3) is 0 Å². The molecule has 2 heterocycles. The summed E-state index contributed by atoms with van der Waals surface area (Å²) >= 11 is 5.76. The van der Waals surface area contributed by atoms with Gasteiger partial charge in [0.05, 0.1) is 11.9 Å². The van der Waals surface area contributed by atoms with Gasteiger partial charge in [0.2, 0.25) is 0 Å². The Morgan fingerprint density at radius 3 is 2.68 bits per heavy atom. The van der Waals surface area contributed by atoms with Gasteiger partial charge in [0.15, 0.2) is 0 Å². The fourth-order valence-electron chi connectivity index (χ4n) is 4.27. The van der Waals surface area contributed by atoms with E-state index in [1.54, 1.807) is 0 Å². The van der Waals surface area contributed by atoms with Gasteiger partial charge in [-0.3, -0.25) is 4.29 Å². The first-order valence-electron chi connectivity index (χ1n) is 8.23. The second kappa shape index (κ2) is 6.38. The SMILES string of the molecule is CC1=CCC(C(C)C)C2CC(OCl)c3ccc(o3)C(O)CC12. The van der Waals surface area contributed by atoms with Crippen LogP contribution in [0.5, 0.6) is 0 Å². The van der Waals surface area contributed by atoms with Gasteiger partial charge in [-0.05, 0) is 62.0 Å². The molecule has 0 amide bonds. The Morgan fingerprint density at radius 1 is 1.27 bits per heavy atom. The number of rotatable bonds is 2. The average molecular weight is 325 g/mol. The lowest BCUT2D eigenvalue weighted by Gasteiger charge is -2.41. The highest BCUT2D eigenvalue weighted by Crippen LogP contribution is 2.48. The Morgan fingerprint density at radius 2 is 2.00 bits per heavy atom. The molecule has 5 atom stereocenters. The van der Waals surface area contributed by atoms with E-state index in [0.717, 1.165) is 18.6 Å². The van der Waals surface area contributed by atoms with Gasteiger partial charge < -0.3 is 9.52 Å². The summed E-state index contributed by atoms with van der Waals surface area (Å²) in [5, 5.41) is 10.5. The maximum Gasteiger partial charge on any atom is 0.137 e. The van der Waals surface area contributed by atoms with Crippen LogP contribution in [0.1, 0.15) is 63.8 Å². The van der Waals surface area contributed by atoms with E-state index in [9.17, 15) is 5.11 Å². The van der Waals surface area contributed by atoms with Gasteiger partial charge in [-0.25, -0.2) is 0 Å². The van der Waals surface area contributed by atoms with E-state index in [4.69, 9.17) is 20.6 Å². The highest BCUT2D eigenvalue weighted by molar-refractivity contribution is 6.07. The molecule has 2 bridgehead atoms. The largest absolute Gasteiger partial charge is 0.460 e. The normalized spacial score (nSPS) is 35.4. The molecular weight excluding hydrogens is 300 g/mol. The molecule has 3 rings (SSSR count). The van der Waals surface area contributed by atoms with Gasteiger partial charge in [-0.15, -0.1) is 0 Å². The fourth-order valence-corrected chi connectivity index (χ4v) is 4.43. The van der Waals surface area contributed by atoms with Crippen molar-refractivity contribution in [3.63, 3.8) is 0 Å². The van der Waals surface area contributed by atoms with Crippen molar-refractivity contribution < 1.29 is 13.8 Å². The van der Waals surface area contributed by atoms with E-state index >= 15 is 0 Å². The van der Waals surface area contributed by atoms with Crippen molar-refractivity contribution in [3.8, 4) is 0 Å². The van der Waals surface area contributed by atoms with Crippen molar-refractivity contribution in [2.45, 2.75) is 52.2 Å². The Hall–Kier alpha value is -0.770. The first-order valence-corrected chi connectivity index (χ1v) is 8.53. The molecule has 0 radical (unpaired) electrons. The zero-order valence-corrected chi connectivity index (χ0v) is 14.2. The van der Waals surface area contributed by atoms with Crippen molar-refractivity contribution in [1.29, 1.82) is 0 Å². The molecule has 1 N–H and O–H groups in total. The maximum atomic E-state index is 10.5. The zero-order valence-electron chi connectivity index (χ0n) is 13.5. The van der Waals surface area contributed by atoms with Gasteiger partial charge in [0, 0.05) is 0 Å². The van der Waals surface area contributed by atoms with Crippen LogP contribution >= 0.6 is 11.9 Å². The van der Waals surface area contributed by atoms with Crippen LogP contribution in [-0.2, 0) is 4.29 Å². The van der Waals surface area contributed by atoms with Crippen molar-refractivity contribution in [2.24, 2.45) is 23.7 Å². The molecule has 2 aliphatic rings. The standard InChI is InChI=1S/C18H25ClO3/c1-10(2)12-5-4-11(3)13-8-15(20)16-6-7-17(21-16)18(22-19)9-14(12)13/h4,6-7,10,12-15,18,20H,5,8-9H2,1-3H3. The minimum absolute atomic E-state index is 0.250. The van der Waals surface area contributed by atoms with Crippen LogP contribution in [0.3, 0.4) is 0 Å². The Balaban J connectivity index is 2.00. The summed E-state index contributed by atoms with van der Waals surface area (Å²) in [6.07, 6.45) is 4.17. The molecule has 0 saturated carbocycles. The summed E-state index contributed by atoms with van der Waals surface area (Å²) in [7, 11) is 0. The van der Waals surface area contributed by atoms with Crippen molar-refractivity contribution in [1.82, 2.24) is 0 Å². The number of halogens is 1. The number of furan rings is 1. The van der Waals surface area contributed by atoms with Crippen LogP contribution < -0.4 is 0 Å². The van der Waals surface area contributed by atoms with Gasteiger partial charge in [0.25, 0.3) is 0 Å². The lowest BCUT2D eigenvalue weighted by molar-refractivity contribution is 0.0726. The Labute approximate surface area is 137 Å². The predicted octanol–water partition coefficient (Wildman–Crippen LogP) is 5.17. The molecule has 1 aliphatic carbocycles. The number of aliphatic hydroxyl groups excluding tert-OH is 1. The number of allylic oxidation sites excluding steroid dienone is 2. The summed E-state index contributed by atoms with van der Waals surface area (Å²) in [6, 6.07) is 3.72. The molecule has 5 unspecified atom stereocenters. The molecule has 3 nitrogen and oxygen atoms in total. The summed E-state index contributed by atoms with van der Waals surface area (Å²) in [4.78, 5) is 0. The van der Waals surface area contributed by atoms with Gasteiger partial charge >= 0.3 is 0 Å². The van der Waals surface area contributed by atoms with Crippen molar-refractivity contribution in [3.05, 3.63) is 35.3 Å². The third kappa shape index (κ3) is 2.86. The third-order valence-corrected chi connectivity index (χ3v) is 5.80. The van der Waals surface area contributed by atoms with Crippen molar-refractivity contribution >= 4 is 11.9 Å². The van der Waals surface area contributed by atoms with Crippen LogP contribution in [0.4, 0.5) is 0 Å². The first-order chi connectivity index (χ1) is 10.5. The van der Waals surface area contributed by atoms with E-state index in [0.29, 0.717) is 35.9 Å². The first kappa shape index (κ1) is 16.1. The van der Waals surface area contributed by atoms with Gasteiger partial charge in [-0.2, -0.15) is 0 Å². The molecule has 0 fully saturated rings. The minimum atomic E-state index is -0.565. The number of hydrogen-bond donors (Lipinski definition) is 1. The van der Waals surface area contributed by atoms with E-state index in [1.807, 2.05) is 12.1 Å². The monoisotopic (exact) mass is 324 g/mol. The molecule has 22 heavy (non-hydrogen) atoms. The van der Waals surface area contributed by atoms with Crippen LogP contribution in [-0.4, -0.2) is 5.11 Å². The van der Waals surface area contributed by atoms with E-state index in [1.165, 1.54) is 5.57 Å². The predicted molar refractivity (Wildman–Crippen MR) is 86.3 cm³/mol. The number of hydrogen-bond acceptors (Lipinski definition) is 3. The molecular formula is C18H25ClO3. The topological polar surface area (TPSA) is 42.6 Å². The number of aliphatic hydroxyl groups is 1. The second-order valence-corrected chi connectivity index (χ2v) is 7.35. The summed E-state index contributed by atoms with van der Waals surface area (Å²) < 4.78 is 11.0. The molecule has 0 saturated heterocycles. The molecule has 0 aromatic carbocycles. The average Bonchev–Trinajstić information content (AvgIpc) is 2.97. The quantitative estimate of drug-likeness (QED) is 0.763. The van der Waals surface area contributed by atoms with Crippen molar-refractivity contribution in [2.75, 3.05) is 0 Å². The van der Waals surface area contributed by atoms with E-state index in [-0.39, 0.29) is 6.10 Å². The van der Waals surface area contributed by atoms with Crippen LogP contribution in [0, 0.1) is 23.7 Å². The number of fused-ring (bicyclic) bond motifs is 3. The highest BCUT2D eigenvalue weighted by atomic mass is 35.5. The van der Waals surface area contributed by atoms with Gasteiger partial charge in [0.1, 0.15) is 23.7 Å². The van der Waals surface area contributed by atoms with Gasteiger partial charge in [-0.1, -0.05) is 25.5 Å². The van der Waals surface area contributed by atoms with Crippen LogP contribution in [0.2, 0.25) is 0 Å². The lowest BCUT2D eigenvalue weighted by Crippen LogP contribution is -2.33. The van der Waals surface area contributed by atoms with E-state index < -0.39 is 6.10 Å². The molecule has 0 spiro atoms. The lowest BCUT2D eigenvalue weighted by atomic mass is 9.64. The summed E-state index contributed by atoms with van der Waals surface area (Å²) in [5.41, 5.74) is 1.38. The summed E-state index contributed by atoms with van der Waals surface area (Å²) in [5.74, 6) is 3.33. The Kier molecular flexibility index (Phi) is 4.67. The zero-order chi connectivity index (χ0) is 15.9. The molecule has 1 aliphatic heterocycles. The highest BCUT2D eigenvalue weighted by Gasteiger charge is 2.40. The van der Waals surface area contributed by atoms with E-state index in [2.05, 4.69) is 26.8 Å². The smallest absolute Gasteiger partial charge is 0.137 e.